The number of aromatic amines is 1. The van der Waals surface area contributed by atoms with E-state index in [-0.39, 0.29) is 11.9 Å². The van der Waals surface area contributed by atoms with Crippen LogP contribution in [0.2, 0.25) is 0 Å². The van der Waals surface area contributed by atoms with Gasteiger partial charge < -0.3 is 9.84 Å². The van der Waals surface area contributed by atoms with Gasteiger partial charge in [-0.3, -0.25) is 9.48 Å². The van der Waals surface area contributed by atoms with Gasteiger partial charge >= 0.3 is 5.97 Å². The summed E-state index contributed by atoms with van der Waals surface area (Å²) < 4.78 is 6.97. The van der Waals surface area contributed by atoms with E-state index >= 15 is 0 Å². The molecular weight excluding hydrogens is 180 g/mol. The van der Waals surface area contributed by atoms with Crippen molar-refractivity contribution in [2.75, 3.05) is 6.61 Å². The Morgan fingerprint density at radius 2 is 2.43 bits per heavy atom. The van der Waals surface area contributed by atoms with Crippen molar-refractivity contribution in [2.24, 2.45) is 18.9 Å². The van der Waals surface area contributed by atoms with Crippen molar-refractivity contribution < 1.29 is 9.53 Å². The standard InChI is InChI=1S/C10H16N2O2/c1-3-9-7(6-14-10(9)13)4-8-5-12(2)11-8/h5,7,9,11H,3-4,6H2,1-2H3/t7-,9-/m0/s1. The van der Waals surface area contributed by atoms with Crippen LogP contribution in [0.15, 0.2) is 6.20 Å². The number of aryl methyl sites for hydroxylation is 1. The third-order valence-electron chi connectivity index (χ3n) is 2.90. The first-order chi connectivity index (χ1) is 6.70. The molecule has 0 bridgehead atoms. The fourth-order valence-electron chi connectivity index (χ4n) is 2.14. The Bertz CT molecular complexity index is 315. The van der Waals surface area contributed by atoms with Crippen molar-refractivity contribution in [3.63, 3.8) is 0 Å². The van der Waals surface area contributed by atoms with Crippen LogP contribution < -0.4 is 0 Å². The molecule has 0 unspecified atom stereocenters. The van der Waals surface area contributed by atoms with Crippen LogP contribution in [0, 0.1) is 11.8 Å². The lowest BCUT2D eigenvalue weighted by Crippen LogP contribution is -2.20. The molecule has 4 nitrogen and oxygen atoms in total. The summed E-state index contributed by atoms with van der Waals surface area (Å²) in [6, 6.07) is 0. The van der Waals surface area contributed by atoms with Crippen molar-refractivity contribution in [3.05, 3.63) is 11.9 Å². The first-order valence-corrected chi connectivity index (χ1v) is 5.07. The van der Waals surface area contributed by atoms with E-state index in [0.29, 0.717) is 12.5 Å². The molecular formula is C10H16N2O2. The van der Waals surface area contributed by atoms with E-state index in [2.05, 4.69) is 11.3 Å². The Balaban J connectivity index is 1.96. The van der Waals surface area contributed by atoms with E-state index in [9.17, 15) is 4.79 Å². The van der Waals surface area contributed by atoms with E-state index in [1.807, 2.05) is 18.7 Å². The highest BCUT2D eigenvalue weighted by molar-refractivity contribution is 5.74. The SMILES string of the molecule is CC[C@@H]1C(=O)OC[C@@H]1Cc1cn(C)[nH]1. The Kier molecular flexibility index (Phi) is 2.35. The van der Waals surface area contributed by atoms with Crippen LogP contribution in [0.5, 0.6) is 0 Å². The van der Waals surface area contributed by atoms with E-state index in [1.54, 1.807) is 0 Å². The summed E-state index contributed by atoms with van der Waals surface area (Å²) >= 11 is 0. The molecule has 0 saturated carbocycles. The number of hydrogen-bond acceptors (Lipinski definition) is 2. The van der Waals surface area contributed by atoms with Gasteiger partial charge in [-0.25, -0.2) is 0 Å². The second kappa shape index (κ2) is 3.52. The molecule has 0 amide bonds. The number of ether oxygens (including phenoxy) is 1. The van der Waals surface area contributed by atoms with Gasteiger partial charge in [-0.05, 0) is 12.8 Å². The van der Waals surface area contributed by atoms with E-state index in [1.165, 1.54) is 5.69 Å². The van der Waals surface area contributed by atoms with Gasteiger partial charge in [0, 0.05) is 24.9 Å². The quantitative estimate of drug-likeness (QED) is 0.736. The maximum atomic E-state index is 11.3. The van der Waals surface area contributed by atoms with Gasteiger partial charge in [0.1, 0.15) is 0 Å². The highest BCUT2D eigenvalue weighted by Crippen LogP contribution is 2.27. The van der Waals surface area contributed by atoms with Crippen LogP contribution >= 0.6 is 0 Å². The van der Waals surface area contributed by atoms with Crippen molar-refractivity contribution in [2.45, 2.75) is 19.8 Å². The third kappa shape index (κ3) is 1.56. The molecule has 2 atom stereocenters. The molecule has 1 aliphatic rings. The third-order valence-corrected chi connectivity index (χ3v) is 2.90. The summed E-state index contributed by atoms with van der Waals surface area (Å²) in [4.78, 5) is 11.3. The zero-order chi connectivity index (χ0) is 10.1. The summed E-state index contributed by atoms with van der Waals surface area (Å²) in [7, 11) is 1.96. The number of nitrogens with one attached hydrogen (secondary N) is 1. The van der Waals surface area contributed by atoms with Gasteiger partial charge in [0.2, 0.25) is 0 Å². The molecule has 0 aliphatic carbocycles. The number of H-pyrrole nitrogens is 1. The topological polar surface area (TPSA) is 47.0 Å². The summed E-state index contributed by atoms with van der Waals surface area (Å²) in [6.07, 6.45) is 3.86. The molecule has 14 heavy (non-hydrogen) atoms. The Morgan fingerprint density at radius 1 is 1.71 bits per heavy atom. The Labute approximate surface area is 83.2 Å². The zero-order valence-corrected chi connectivity index (χ0v) is 8.62. The predicted molar refractivity (Wildman–Crippen MR) is 51.7 cm³/mol. The Hall–Kier alpha value is -1.19. The minimum Gasteiger partial charge on any atom is -0.465 e. The minimum absolute atomic E-state index is 0.0224. The van der Waals surface area contributed by atoms with Gasteiger partial charge in [0.15, 0.2) is 0 Å². The summed E-state index contributed by atoms with van der Waals surface area (Å²) in [6.45, 7) is 2.62. The molecule has 0 spiro atoms. The number of rotatable bonds is 3. The van der Waals surface area contributed by atoms with Gasteiger partial charge in [0.25, 0.3) is 0 Å². The number of carbonyl (C=O) groups excluding carboxylic acids is 1. The van der Waals surface area contributed by atoms with Crippen LogP contribution in [-0.2, 0) is 23.0 Å². The lowest BCUT2D eigenvalue weighted by Gasteiger charge is -2.16. The average Bonchev–Trinajstić information content (AvgIpc) is 2.44. The fraction of sp³-hybridized carbons (Fsp3) is 0.700. The van der Waals surface area contributed by atoms with E-state index in [4.69, 9.17) is 4.74 Å². The average molecular weight is 196 g/mol. The molecule has 2 heterocycles. The van der Waals surface area contributed by atoms with Gasteiger partial charge in [0.05, 0.1) is 12.5 Å². The van der Waals surface area contributed by atoms with Crippen LogP contribution in [0.3, 0.4) is 0 Å². The first-order valence-electron chi connectivity index (χ1n) is 5.07. The molecule has 0 radical (unpaired) electrons. The number of nitrogens with zero attached hydrogens (tertiary/aromatic N) is 1. The van der Waals surface area contributed by atoms with E-state index < -0.39 is 0 Å². The number of cyclic esters (lactones) is 1. The Morgan fingerprint density at radius 3 is 3.00 bits per heavy atom. The maximum absolute atomic E-state index is 11.3. The normalized spacial score (nSPS) is 26.9. The lowest BCUT2D eigenvalue weighted by atomic mass is 9.89. The summed E-state index contributed by atoms with van der Waals surface area (Å²) in [5.41, 5.74) is 1.20. The molecule has 1 aromatic rings. The van der Waals surface area contributed by atoms with Gasteiger partial charge in [-0.2, -0.15) is 0 Å². The minimum atomic E-state index is -0.0224. The second-order valence-corrected chi connectivity index (χ2v) is 3.99. The highest BCUT2D eigenvalue weighted by Gasteiger charge is 2.35. The number of carbonyl (C=O) groups is 1. The fourth-order valence-corrected chi connectivity index (χ4v) is 2.14. The molecule has 1 fully saturated rings. The molecule has 1 saturated heterocycles. The lowest BCUT2D eigenvalue weighted by molar-refractivity contribution is -0.141. The molecule has 1 N–H and O–H groups in total. The smallest absolute Gasteiger partial charge is 0.309 e. The van der Waals surface area contributed by atoms with Crippen LogP contribution in [0.25, 0.3) is 0 Å². The molecule has 2 rings (SSSR count). The molecule has 0 aromatic carbocycles. The van der Waals surface area contributed by atoms with Gasteiger partial charge in [-0.15, -0.1) is 0 Å². The number of esters is 1. The maximum Gasteiger partial charge on any atom is 0.309 e. The molecule has 1 aliphatic heterocycles. The largest absolute Gasteiger partial charge is 0.465 e. The van der Waals surface area contributed by atoms with Crippen LogP contribution in [0.4, 0.5) is 0 Å². The van der Waals surface area contributed by atoms with Gasteiger partial charge in [-0.1, -0.05) is 6.92 Å². The van der Waals surface area contributed by atoms with Crippen molar-refractivity contribution in [1.29, 1.82) is 0 Å². The summed E-state index contributed by atoms with van der Waals surface area (Å²) in [5.74, 6) is 0.439. The van der Waals surface area contributed by atoms with Crippen molar-refractivity contribution >= 4 is 5.97 Å². The van der Waals surface area contributed by atoms with Crippen LogP contribution in [-0.4, -0.2) is 22.4 Å². The van der Waals surface area contributed by atoms with Crippen molar-refractivity contribution in [3.8, 4) is 0 Å². The number of aromatic nitrogens is 2. The number of hydrogen-bond donors (Lipinski definition) is 1. The monoisotopic (exact) mass is 196 g/mol. The second-order valence-electron chi connectivity index (χ2n) is 3.99. The van der Waals surface area contributed by atoms with Crippen LogP contribution in [0.1, 0.15) is 19.0 Å². The first kappa shape index (κ1) is 9.37. The highest BCUT2D eigenvalue weighted by atomic mass is 16.5. The summed E-state index contributed by atoms with van der Waals surface area (Å²) in [5, 5.41) is 3.16. The molecule has 78 valence electrons. The zero-order valence-electron chi connectivity index (χ0n) is 8.62. The van der Waals surface area contributed by atoms with Crippen molar-refractivity contribution in [1.82, 2.24) is 9.78 Å². The molecule has 4 heteroatoms. The predicted octanol–water partition coefficient (Wildman–Crippen LogP) is 1.09. The molecule has 1 aromatic heterocycles. The van der Waals surface area contributed by atoms with E-state index in [0.717, 1.165) is 12.8 Å².